The van der Waals surface area contributed by atoms with E-state index in [1.807, 2.05) is 30.3 Å². The number of aromatic nitrogens is 5. The third-order valence-electron chi connectivity index (χ3n) is 5.32. The molecule has 8 heteroatoms. The van der Waals surface area contributed by atoms with Gasteiger partial charge >= 0.3 is 6.01 Å². The largest absolute Gasteiger partial charge is 0.423 e. The van der Waals surface area contributed by atoms with Crippen LogP contribution in [0.2, 0.25) is 0 Å². The van der Waals surface area contributed by atoms with Crippen LogP contribution in [0.25, 0.3) is 16.8 Å². The average molecular weight is 390 g/mol. The number of pyridine rings is 1. The molecule has 0 saturated carbocycles. The van der Waals surface area contributed by atoms with Crippen molar-refractivity contribution < 1.29 is 4.74 Å². The first-order valence-corrected chi connectivity index (χ1v) is 9.99. The molecule has 1 aliphatic heterocycles. The van der Waals surface area contributed by atoms with Gasteiger partial charge in [0.25, 0.3) is 5.56 Å². The minimum atomic E-state index is -0.101. The molecule has 0 spiro atoms. The van der Waals surface area contributed by atoms with E-state index >= 15 is 0 Å². The molecule has 8 nitrogen and oxygen atoms in total. The molecule has 5 rings (SSSR count). The molecule has 0 unspecified atom stereocenters. The molecule has 29 heavy (non-hydrogen) atoms. The third-order valence-corrected chi connectivity index (χ3v) is 5.32. The van der Waals surface area contributed by atoms with Gasteiger partial charge in [0.05, 0.1) is 5.39 Å². The fraction of sp³-hybridized carbons (Fsp3) is 0.333. The van der Waals surface area contributed by atoms with Crippen molar-refractivity contribution in [2.45, 2.75) is 25.8 Å². The highest BCUT2D eigenvalue weighted by molar-refractivity contribution is 5.75. The normalized spacial score (nSPS) is 15.2. The van der Waals surface area contributed by atoms with Gasteiger partial charge in [0.2, 0.25) is 5.78 Å². The predicted molar refractivity (Wildman–Crippen MR) is 109 cm³/mol. The number of piperidine rings is 1. The van der Waals surface area contributed by atoms with Gasteiger partial charge in [-0.2, -0.15) is 9.50 Å². The molecule has 0 N–H and O–H groups in total. The Morgan fingerprint density at radius 2 is 1.79 bits per heavy atom. The van der Waals surface area contributed by atoms with E-state index in [0.717, 1.165) is 19.6 Å². The summed E-state index contributed by atoms with van der Waals surface area (Å²) in [7, 11) is 0. The summed E-state index contributed by atoms with van der Waals surface area (Å²) in [5.41, 5.74) is 0.383. The van der Waals surface area contributed by atoms with Crippen LogP contribution in [0.3, 0.4) is 0 Å². The lowest BCUT2D eigenvalue weighted by molar-refractivity contribution is 0.220. The summed E-state index contributed by atoms with van der Waals surface area (Å²) in [5.74, 6) is 1.09. The van der Waals surface area contributed by atoms with Crippen molar-refractivity contribution in [1.29, 1.82) is 0 Å². The number of para-hydroxylation sites is 1. The highest BCUT2D eigenvalue weighted by atomic mass is 16.5. The Balaban J connectivity index is 1.57. The zero-order valence-electron chi connectivity index (χ0n) is 16.1. The smallest absolute Gasteiger partial charge is 0.343 e. The van der Waals surface area contributed by atoms with Crippen molar-refractivity contribution in [3.63, 3.8) is 0 Å². The maximum atomic E-state index is 13.2. The molecule has 1 aromatic carbocycles. The summed E-state index contributed by atoms with van der Waals surface area (Å²) < 4.78 is 9.09. The van der Waals surface area contributed by atoms with Gasteiger partial charge in [-0.05, 0) is 50.2 Å². The number of hydrogen-bond acceptors (Lipinski definition) is 6. The molecular weight excluding hydrogens is 368 g/mol. The van der Waals surface area contributed by atoms with Gasteiger partial charge in [-0.15, -0.1) is 5.10 Å². The Labute approximate surface area is 167 Å². The lowest BCUT2D eigenvalue weighted by Crippen LogP contribution is -2.35. The van der Waals surface area contributed by atoms with Gasteiger partial charge < -0.3 is 9.64 Å². The predicted octanol–water partition coefficient (Wildman–Crippen LogP) is 2.72. The van der Waals surface area contributed by atoms with Gasteiger partial charge in [-0.3, -0.25) is 9.36 Å². The van der Waals surface area contributed by atoms with Gasteiger partial charge in [0.1, 0.15) is 5.75 Å². The van der Waals surface area contributed by atoms with Gasteiger partial charge in [0, 0.05) is 19.3 Å². The Morgan fingerprint density at radius 3 is 2.62 bits per heavy atom. The number of ether oxygens (including phenoxy) is 1. The molecule has 4 heterocycles. The molecule has 3 aromatic heterocycles. The van der Waals surface area contributed by atoms with Gasteiger partial charge in [-0.1, -0.05) is 24.6 Å². The Bertz CT molecular complexity index is 1190. The van der Waals surface area contributed by atoms with Crippen molar-refractivity contribution >= 4 is 16.8 Å². The summed E-state index contributed by atoms with van der Waals surface area (Å²) >= 11 is 0. The zero-order valence-corrected chi connectivity index (χ0v) is 16.1. The second-order valence-corrected chi connectivity index (χ2v) is 7.25. The van der Waals surface area contributed by atoms with E-state index in [4.69, 9.17) is 4.74 Å². The monoisotopic (exact) mass is 390 g/mol. The number of fused-ring (bicyclic) bond motifs is 3. The van der Waals surface area contributed by atoms with Crippen molar-refractivity contribution in [3.8, 4) is 11.8 Å². The topological polar surface area (TPSA) is 77.5 Å². The summed E-state index contributed by atoms with van der Waals surface area (Å²) in [4.78, 5) is 24.4. The minimum Gasteiger partial charge on any atom is -0.423 e. The van der Waals surface area contributed by atoms with E-state index in [1.165, 1.54) is 19.3 Å². The third kappa shape index (κ3) is 3.47. The quantitative estimate of drug-likeness (QED) is 0.521. The first kappa shape index (κ1) is 17.8. The lowest BCUT2D eigenvalue weighted by Gasteiger charge is -2.26. The summed E-state index contributed by atoms with van der Waals surface area (Å²) in [6.45, 7) is 3.52. The van der Waals surface area contributed by atoms with E-state index in [-0.39, 0.29) is 11.6 Å². The SMILES string of the molecule is O=c1c2cccnc2n2nc(Oc3ccccc3)nc2n1CCN1CCCCC1. The van der Waals surface area contributed by atoms with Crippen molar-refractivity contribution in [1.82, 2.24) is 29.0 Å². The van der Waals surface area contributed by atoms with Crippen molar-refractivity contribution in [2.75, 3.05) is 19.6 Å². The van der Waals surface area contributed by atoms with Crippen molar-refractivity contribution in [2.24, 2.45) is 0 Å². The molecule has 1 saturated heterocycles. The molecule has 0 bridgehead atoms. The Kier molecular flexibility index (Phi) is 4.69. The Morgan fingerprint density at radius 1 is 0.966 bits per heavy atom. The van der Waals surface area contributed by atoms with Crippen LogP contribution in [-0.2, 0) is 6.54 Å². The number of likely N-dealkylation sites (tertiary alicyclic amines) is 1. The van der Waals surface area contributed by atoms with Crippen LogP contribution in [0.4, 0.5) is 0 Å². The van der Waals surface area contributed by atoms with Crippen LogP contribution < -0.4 is 10.3 Å². The number of nitrogens with zero attached hydrogens (tertiary/aromatic N) is 6. The molecular formula is C21H22N6O2. The summed E-state index contributed by atoms with van der Waals surface area (Å²) in [6, 6.07) is 13.1. The standard InChI is InChI=1S/C21H22N6O2/c28-19-17-10-7-11-22-18(17)27-21(26(19)15-14-25-12-5-2-6-13-25)23-20(24-27)29-16-8-3-1-4-9-16/h1,3-4,7-11H,2,5-6,12-15H2. The van der Waals surface area contributed by atoms with Crippen LogP contribution in [0.5, 0.6) is 11.8 Å². The highest BCUT2D eigenvalue weighted by Gasteiger charge is 2.18. The maximum absolute atomic E-state index is 13.2. The molecule has 0 amide bonds. The molecule has 1 fully saturated rings. The van der Waals surface area contributed by atoms with Crippen LogP contribution in [0.15, 0.2) is 53.5 Å². The lowest BCUT2D eigenvalue weighted by atomic mass is 10.1. The minimum absolute atomic E-state index is 0.101. The van der Waals surface area contributed by atoms with Crippen LogP contribution >= 0.6 is 0 Å². The van der Waals surface area contributed by atoms with E-state index in [2.05, 4.69) is 20.0 Å². The molecule has 0 aliphatic carbocycles. The summed E-state index contributed by atoms with van der Waals surface area (Å²) in [6.07, 6.45) is 5.36. The Hall–Kier alpha value is -3.26. The van der Waals surface area contributed by atoms with Gasteiger partial charge in [0.15, 0.2) is 5.65 Å². The van der Waals surface area contributed by atoms with Crippen molar-refractivity contribution in [3.05, 3.63) is 59.0 Å². The second-order valence-electron chi connectivity index (χ2n) is 7.25. The molecule has 4 aromatic rings. The maximum Gasteiger partial charge on any atom is 0.343 e. The number of rotatable bonds is 5. The fourth-order valence-corrected chi connectivity index (χ4v) is 3.83. The average Bonchev–Trinajstić information content (AvgIpc) is 3.19. The van der Waals surface area contributed by atoms with Crippen LogP contribution in [-0.4, -0.2) is 48.7 Å². The van der Waals surface area contributed by atoms with E-state index in [0.29, 0.717) is 29.1 Å². The van der Waals surface area contributed by atoms with Crippen LogP contribution in [0, 0.1) is 0 Å². The fourth-order valence-electron chi connectivity index (χ4n) is 3.83. The number of benzene rings is 1. The molecule has 1 aliphatic rings. The van der Waals surface area contributed by atoms with E-state index in [9.17, 15) is 4.79 Å². The van der Waals surface area contributed by atoms with E-state index in [1.54, 1.807) is 27.4 Å². The first-order valence-electron chi connectivity index (χ1n) is 9.99. The molecule has 0 atom stereocenters. The second kappa shape index (κ2) is 7.63. The van der Waals surface area contributed by atoms with E-state index < -0.39 is 0 Å². The molecule has 148 valence electrons. The zero-order chi connectivity index (χ0) is 19.6. The first-order chi connectivity index (χ1) is 14.3. The summed E-state index contributed by atoms with van der Waals surface area (Å²) in [5, 5.41) is 5.00. The van der Waals surface area contributed by atoms with Crippen LogP contribution in [0.1, 0.15) is 19.3 Å². The highest BCUT2D eigenvalue weighted by Crippen LogP contribution is 2.19. The van der Waals surface area contributed by atoms with Gasteiger partial charge in [-0.25, -0.2) is 4.98 Å². The molecule has 0 radical (unpaired) electrons. The number of hydrogen-bond donors (Lipinski definition) is 0.